The molecule has 1 fully saturated rings. The lowest BCUT2D eigenvalue weighted by Gasteiger charge is -2.54. The average Bonchev–Trinajstić information content (AvgIpc) is 3.81. The monoisotopic (exact) mass is 751 g/mol. The quantitative estimate of drug-likeness (QED) is 0.194. The maximum absolute atomic E-state index is 10.8. The molecule has 0 N–H and O–H groups in total. The van der Waals surface area contributed by atoms with Gasteiger partial charge in [0.05, 0.1) is 34.5 Å². The van der Waals surface area contributed by atoms with E-state index < -0.39 is 0 Å². The van der Waals surface area contributed by atoms with Crippen molar-refractivity contribution in [3.63, 3.8) is 0 Å². The summed E-state index contributed by atoms with van der Waals surface area (Å²) in [5, 5.41) is 22.9. The Bertz CT molecular complexity index is 2660. The molecule has 0 saturated heterocycles. The van der Waals surface area contributed by atoms with E-state index in [1.54, 1.807) is 0 Å². The summed E-state index contributed by atoms with van der Waals surface area (Å²) in [6.45, 7) is 31.0. The number of rotatable bonds is 1. The molecule has 10 rings (SSSR count). The average molecular weight is 752 g/mol. The molecule has 57 heavy (non-hydrogen) atoms. The first-order chi connectivity index (χ1) is 26.9. The van der Waals surface area contributed by atoms with Crippen LogP contribution in [0, 0.1) is 39.4 Å². The van der Waals surface area contributed by atoms with Gasteiger partial charge in [0.25, 0.3) is 0 Å². The molecule has 292 valence electrons. The lowest BCUT2D eigenvalue weighted by Crippen LogP contribution is -2.45. The van der Waals surface area contributed by atoms with Crippen LogP contribution in [0.3, 0.4) is 0 Å². The molecule has 5 aliphatic carbocycles. The van der Waals surface area contributed by atoms with Crippen molar-refractivity contribution in [2.75, 3.05) is 0 Å². The molecular formula is C54H61N3. The first-order valence-electron chi connectivity index (χ1n) is 21.9. The van der Waals surface area contributed by atoms with Crippen LogP contribution >= 0.6 is 0 Å². The van der Waals surface area contributed by atoms with Crippen molar-refractivity contribution in [1.29, 1.82) is 10.5 Å². The van der Waals surface area contributed by atoms with Crippen molar-refractivity contribution in [2.24, 2.45) is 16.7 Å². The number of allylic oxidation sites excluding steroid dienone is 4. The number of nitriles is 2. The van der Waals surface area contributed by atoms with E-state index in [0.29, 0.717) is 11.8 Å². The Morgan fingerprint density at radius 1 is 0.877 bits per heavy atom. The Morgan fingerprint density at radius 3 is 2.28 bits per heavy atom. The minimum atomic E-state index is -0.336. The largest absolute Gasteiger partial charge is 0.312 e. The zero-order chi connectivity index (χ0) is 40.9. The summed E-state index contributed by atoms with van der Waals surface area (Å²) in [6, 6.07) is 17.0. The fourth-order valence-electron chi connectivity index (χ4n) is 12.3. The summed E-state index contributed by atoms with van der Waals surface area (Å²) in [7, 11) is 0. The topological polar surface area (TPSA) is 52.5 Å². The van der Waals surface area contributed by atoms with Crippen LogP contribution in [0.4, 0.5) is 0 Å². The summed E-state index contributed by atoms with van der Waals surface area (Å²) in [6.07, 6.45) is 13.2. The SMILES string of the molecule is CC.CC1CC2=Cc3c(C#N)cc4c(c3C2C1)C1(C)CC2=C(c3c1n-4c1cc(C#N)c4c(c31)C=CCCC4)C(C)(C)C(C)(C)c1cccc(C(C)(C)C(C)(C)C)c12. The number of hydrogen-bond acceptors (Lipinski definition) is 2. The molecule has 3 aromatic carbocycles. The van der Waals surface area contributed by atoms with Gasteiger partial charge in [-0.05, 0) is 141 Å². The van der Waals surface area contributed by atoms with Gasteiger partial charge in [-0.3, -0.25) is 0 Å². The zero-order valence-corrected chi connectivity index (χ0v) is 36.9. The van der Waals surface area contributed by atoms with Gasteiger partial charge in [0.1, 0.15) is 0 Å². The zero-order valence-electron chi connectivity index (χ0n) is 36.9. The molecule has 4 aromatic rings. The minimum absolute atomic E-state index is 0.0330. The highest BCUT2D eigenvalue weighted by atomic mass is 15.1. The third kappa shape index (κ3) is 4.53. The van der Waals surface area contributed by atoms with Gasteiger partial charge in [-0.25, -0.2) is 0 Å². The number of aromatic nitrogens is 1. The third-order valence-corrected chi connectivity index (χ3v) is 16.6. The highest BCUT2D eigenvalue weighted by Gasteiger charge is 2.58. The van der Waals surface area contributed by atoms with E-state index in [9.17, 15) is 10.5 Å². The van der Waals surface area contributed by atoms with Crippen molar-refractivity contribution in [3.8, 4) is 17.8 Å². The van der Waals surface area contributed by atoms with E-state index in [2.05, 4.69) is 141 Å². The molecule has 3 nitrogen and oxygen atoms in total. The summed E-state index contributed by atoms with van der Waals surface area (Å²) >= 11 is 0. The van der Waals surface area contributed by atoms with Crippen molar-refractivity contribution >= 4 is 34.2 Å². The molecule has 0 radical (unpaired) electrons. The van der Waals surface area contributed by atoms with E-state index in [4.69, 9.17) is 0 Å². The molecule has 2 heterocycles. The standard InChI is InChI=1S/C52H55N3.C2H6/c1-28-20-29-22-35-31(27-54)24-40-46(41(35)34(29)21-28)52(11)25-36-42-37(49(5,6)48(2,3)4)18-15-19-38(42)50(7,8)51(9,10)45(36)44-43-33-17-14-12-13-16-32(33)30(26-53)23-39(43)55(40)47(44)52;1-2/h14-15,17-19,22-24,28,34H,12-13,16,20-21,25H2,1-11H3;1-2H3. The molecular weight excluding hydrogens is 691 g/mol. The minimum Gasteiger partial charge on any atom is -0.312 e. The van der Waals surface area contributed by atoms with Gasteiger partial charge in [0.2, 0.25) is 0 Å². The van der Waals surface area contributed by atoms with Gasteiger partial charge < -0.3 is 4.57 Å². The van der Waals surface area contributed by atoms with Gasteiger partial charge >= 0.3 is 0 Å². The van der Waals surface area contributed by atoms with Gasteiger partial charge in [-0.1, -0.05) is 125 Å². The molecule has 3 unspecified atom stereocenters. The smallest absolute Gasteiger partial charge is 0.0998 e. The summed E-state index contributed by atoms with van der Waals surface area (Å²) in [5.74, 6) is 0.990. The molecule has 1 aliphatic heterocycles. The predicted molar refractivity (Wildman–Crippen MR) is 239 cm³/mol. The molecule has 3 heteroatoms. The Hall–Kier alpha value is -4.60. The summed E-state index contributed by atoms with van der Waals surface area (Å²) in [5.41, 5.74) is 21.2. The second-order valence-electron chi connectivity index (χ2n) is 21.0. The maximum Gasteiger partial charge on any atom is 0.0998 e. The highest BCUT2D eigenvalue weighted by molar-refractivity contribution is 6.13. The second kappa shape index (κ2) is 12.0. The Kier molecular flexibility index (Phi) is 7.98. The van der Waals surface area contributed by atoms with Crippen LogP contribution in [0.25, 0.3) is 39.9 Å². The number of hydrogen-bond donors (Lipinski definition) is 0. The predicted octanol–water partition coefficient (Wildman–Crippen LogP) is 14.2. The van der Waals surface area contributed by atoms with Crippen LogP contribution in [-0.2, 0) is 22.7 Å². The van der Waals surface area contributed by atoms with E-state index in [1.165, 1.54) is 83.6 Å². The van der Waals surface area contributed by atoms with Crippen molar-refractivity contribution < 1.29 is 0 Å². The van der Waals surface area contributed by atoms with Crippen LogP contribution in [0.1, 0.15) is 195 Å². The maximum atomic E-state index is 10.8. The van der Waals surface area contributed by atoms with Crippen LogP contribution < -0.4 is 0 Å². The van der Waals surface area contributed by atoms with Crippen LogP contribution in [-0.4, -0.2) is 4.57 Å². The summed E-state index contributed by atoms with van der Waals surface area (Å²) < 4.78 is 2.56. The third-order valence-electron chi connectivity index (χ3n) is 16.6. The van der Waals surface area contributed by atoms with Crippen molar-refractivity contribution in [3.05, 3.63) is 109 Å². The molecule has 0 bridgehead atoms. The van der Waals surface area contributed by atoms with E-state index in [-0.39, 0.29) is 27.1 Å². The lowest BCUT2D eigenvalue weighted by atomic mass is 9.49. The van der Waals surface area contributed by atoms with Gasteiger partial charge in [-0.15, -0.1) is 0 Å². The fourth-order valence-corrected chi connectivity index (χ4v) is 12.3. The van der Waals surface area contributed by atoms with Crippen molar-refractivity contribution in [1.82, 2.24) is 4.57 Å². The Labute approximate surface area is 342 Å². The van der Waals surface area contributed by atoms with Gasteiger partial charge in [0, 0.05) is 28.0 Å². The molecule has 3 atom stereocenters. The fraction of sp³-hybridized carbons (Fsp3) is 0.481. The Balaban J connectivity index is 0.00000208. The van der Waals surface area contributed by atoms with Crippen LogP contribution in [0.5, 0.6) is 0 Å². The van der Waals surface area contributed by atoms with Gasteiger partial charge in [0.15, 0.2) is 0 Å². The first-order valence-corrected chi connectivity index (χ1v) is 21.9. The normalized spacial score (nSPS) is 24.1. The van der Waals surface area contributed by atoms with Crippen LogP contribution in [0.15, 0.2) is 42.0 Å². The Morgan fingerprint density at radius 2 is 1.60 bits per heavy atom. The van der Waals surface area contributed by atoms with E-state index in [1.807, 2.05) is 13.8 Å². The van der Waals surface area contributed by atoms with Crippen LogP contribution in [0.2, 0.25) is 0 Å². The number of benzene rings is 3. The highest BCUT2D eigenvalue weighted by Crippen LogP contribution is 2.70. The number of nitrogens with zero attached hydrogens (tertiary/aromatic N) is 3. The number of fused-ring (bicyclic) bond motifs is 15. The summed E-state index contributed by atoms with van der Waals surface area (Å²) in [4.78, 5) is 0. The lowest BCUT2D eigenvalue weighted by molar-refractivity contribution is 0.222. The molecule has 0 amide bonds. The van der Waals surface area contributed by atoms with E-state index in [0.717, 1.165) is 55.2 Å². The molecule has 1 saturated carbocycles. The molecule has 0 spiro atoms. The second-order valence-corrected chi connectivity index (χ2v) is 21.0. The van der Waals surface area contributed by atoms with Gasteiger partial charge in [-0.2, -0.15) is 10.5 Å². The van der Waals surface area contributed by atoms with E-state index >= 15 is 0 Å². The molecule has 1 aromatic heterocycles. The first kappa shape index (κ1) is 37.9. The van der Waals surface area contributed by atoms with Crippen molar-refractivity contribution in [2.45, 2.75) is 151 Å². The molecule has 6 aliphatic rings.